The molecule has 0 aliphatic carbocycles. The lowest BCUT2D eigenvalue weighted by Gasteiger charge is -2.14. The number of ketones is 1. The van der Waals surface area contributed by atoms with E-state index in [-0.39, 0.29) is 5.78 Å². The molecule has 0 N–H and O–H groups in total. The molecule has 0 spiro atoms. The zero-order chi connectivity index (χ0) is 15.4. The Morgan fingerprint density at radius 2 is 1.59 bits per heavy atom. The fourth-order valence-corrected chi connectivity index (χ4v) is 3.17. The van der Waals surface area contributed by atoms with Gasteiger partial charge >= 0.3 is 0 Å². The molecule has 0 amide bonds. The second-order valence-corrected chi connectivity index (χ2v) is 5.78. The number of fused-ring (bicyclic) bond motifs is 1. The summed E-state index contributed by atoms with van der Waals surface area (Å²) in [6.07, 6.45) is 0. The van der Waals surface area contributed by atoms with Gasteiger partial charge in [0.25, 0.3) is 0 Å². The van der Waals surface area contributed by atoms with Gasteiger partial charge in [0.2, 0.25) is 0 Å². The van der Waals surface area contributed by atoms with Crippen LogP contribution in [0, 0.1) is 10.7 Å². The highest BCUT2D eigenvalue weighted by Gasteiger charge is 2.24. The smallest absolute Gasteiger partial charge is 0.181 e. The Hall–Kier alpha value is -2.57. The van der Waals surface area contributed by atoms with Crippen LogP contribution >= 0.6 is 11.8 Å². The van der Waals surface area contributed by atoms with Crippen LogP contribution in [0.2, 0.25) is 0 Å². The molecular formula is C19H13NOS. The lowest BCUT2D eigenvalue weighted by molar-refractivity contribution is 0.0991. The summed E-state index contributed by atoms with van der Waals surface area (Å²) in [7, 11) is 0. The van der Waals surface area contributed by atoms with E-state index in [0.29, 0.717) is 5.56 Å². The number of carbonyl (C=O) groups excluding carboxylic acids is 1. The van der Waals surface area contributed by atoms with E-state index >= 15 is 0 Å². The molecule has 3 heteroatoms. The van der Waals surface area contributed by atoms with Crippen molar-refractivity contribution in [3.8, 4) is 5.40 Å². The van der Waals surface area contributed by atoms with Crippen LogP contribution in [0.5, 0.6) is 0 Å². The number of Topliss-reactive ketones (excluding diaryl/α,β-unsaturated/α-hetero) is 1. The second kappa shape index (κ2) is 6.46. The molecule has 0 fully saturated rings. The average molecular weight is 303 g/mol. The third-order valence-electron chi connectivity index (χ3n) is 3.57. The summed E-state index contributed by atoms with van der Waals surface area (Å²) < 4.78 is 0. The first-order valence-electron chi connectivity index (χ1n) is 6.93. The topological polar surface area (TPSA) is 40.9 Å². The van der Waals surface area contributed by atoms with E-state index in [1.54, 1.807) is 0 Å². The van der Waals surface area contributed by atoms with Crippen molar-refractivity contribution in [1.29, 1.82) is 5.26 Å². The number of hydrogen-bond donors (Lipinski definition) is 0. The minimum absolute atomic E-state index is 0.0328. The van der Waals surface area contributed by atoms with Crippen LogP contribution in [-0.2, 0) is 0 Å². The molecule has 2 nitrogen and oxygen atoms in total. The van der Waals surface area contributed by atoms with E-state index in [9.17, 15) is 4.79 Å². The number of nitrogens with zero attached hydrogens (tertiary/aromatic N) is 1. The van der Waals surface area contributed by atoms with Crippen LogP contribution in [0.3, 0.4) is 0 Å². The summed E-state index contributed by atoms with van der Waals surface area (Å²) in [5.41, 5.74) is 1.52. The van der Waals surface area contributed by atoms with Gasteiger partial charge in [0, 0.05) is 5.56 Å². The highest BCUT2D eigenvalue weighted by atomic mass is 32.2. The van der Waals surface area contributed by atoms with Gasteiger partial charge in [-0.25, -0.2) is 0 Å². The lowest BCUT2D eigenvalue weighted by Crippen LogP contribution is -2.10. The number of hydrogen-bond acceptors (Lipinski definition) is 3. The molecule has 3 aromatic carbocycles. The Morgan fingerprint density at radius 3 is 2.36 bits per heavy atom. The van der Waals surface area contributed by atoms with Crippen LogP contribution in [0.15, 0.2) is 72.8 Å². The number of carbonyl (C=O) groups is 1. The Labute approximate surface area is 133 Å². The summed E-state index contributed by atoms with van der Waals surface area (Å²) in [5.74, 6) is -0.0328. The molecule has 0 saturated heterocycles. The van der Waals surface area contributed by atoms with Crippen molar-refractivity contribution in [2.24, 2.45) is 0 Å². The van der Waals surface area contributed by atoms with Crippen LogP contribution in [-0.4, -0.2) is 5.78 Å². The highest BCUT2D eigenvalue weighted by Crippen LogP contribution is 2.33. The Balaban J connectivity index is 2.09. The lowest BCUT2D eigenvalue weighted by atomic mass is 9.97. The first kappa shape index (κ1) is 14.4. The second-order valence-electron chi connectivity index (χ2n) is 4.89. The Bertz CT molecular complexity index is 847. The minimum Gasteiger partial charge on any atom is -0.292 e. The maximum Gasteiger partial charge on any atom is 0.181 e. The monoisotopic (exact) mass is 303 g/mol. The Morgan fingerprint density at radius 1 is 0.909 bits per heavy atom. The minimum atomic E-state index is -0.503. The molecule has 0 aliphatic rings. The number of benzene rings is 3. The van der Waals surface area contributed by atoms with Crippen molar-refractivity contribution in [3.63, 3.8) is 0 Å². The predicted octanol–water partition coefficient (Wildman–Crippen LogP) is 4.98. The number of rotatable bonds is 4. The van der Waals surface area contributed by atoms with Crippen molar-refractivity contribution >= 4 is 28.3 Å². The van der Waals surface area contributed by atoms with Crippen LogP contribution in [0.1, 0.15) is 21.2 Å². The molecule has 3 aromatic rings. The molecule has 1 unspecified atom stereocenters. The van der Waals surface area contributed by atoms with Gasteiger partial charge in [-0.1, -0.05) is 72.8 Å². The van der Waals surface area contributed by atoms with Crippen molar-refractivity contribution in [2.75, 3.05) is 0 Å². The molecule has 0 aliphatic heterocycles. The molecule has 106 valence electrons. The first-order valence-corrected chi connectivity index (χ1v) is 7.81. The van der Waals surface area contributed by atoms with Gasteiger partial charge in [0.1, 0.15) is 10.7 Å². The van der Waals surface area contributed by atoms with Gasteiger partial charge in [-0.2, -0.15) is 5.26 Å². The molecule has 0 bridgehead atoms. The largest absolute Gasteiger partial charge is 0.292 e. The quantitative estimate of drug-likeness (QED) is 0.504. The third kappa shape index (κ3) is 2.74. The van der Waals surface area contributed by atoms with Gasteiger partial charge in [-0.3, -0.25) is 4.79 Å². The van der Waals surface area contributed by atoms with Crippen molar-refractivity contribution in [1.82, 2.24) is 0 Å². The molecule has 0 aromatic heterocycles. The fraction of sp³-hybridized carbons (Fsp3) is 0.0526. The van der Waals surface area contributed by atoms with E-state index < -0.39 is 5.25 Å². The zero-order valence-electron chi connectivity index (χ0n) is 11.8. The fourth-order valence-electron chi connectivity index (χ4n) is 2.53. The van der Waals surface area contributed by atoms with E-state index in [0.717, 1.165) is 28.1 Å². The van der Waals surface area contributed by atoms with Crippen LogP contribution < -0.4 is 0 Å². The summed E-state index contributed by atoms with van der Waals surface area (Å²) in [6, 6.07) is 23.0. The zero-order valence-corrected chi connectivity index (χ0v) is 12.6. The molecule has 0 saturated carbocycles. The molecular weight excluding hydrogens is 290 g/mol. The van der Waals surface area contributed by atoms with Crippen molar-refractivity contribution in [3.05, 3.63) is 83.9 Å². The van der Waals surface area contributed by atoms with E-state index in [1.165, 1.54) is 0 Å². The normalized spacial score (nSPS) is 11.8. The molecule has 22 heavy (non-hydrogen) atoms. The summed E-state index contributed by atoms with van der Waals surface area (Å²) in [4.78, 5) is 13.0. The van der Waals surface area contributed by atoms with Gasteiger partial charge in [-0.05, 0) is 28.1 Å². The summed E-state index contributed by atoms with van der Waals surface area (Å²) >= 11 is 0.997. The van der Waals surface area contributed by atoms with Crippen LogP contribution in [0.4, 0.5) is 0 Å². The maximum absolute atomic E-state index is 13.0. The highest BCUT2D eigenvalue weighted by molar-refractivity contribution is 8.04. The summed E-state index contributed by atoms with van der Waals surface area (Å²) in [6.45, 7) is 0. The number of thioether (sulfide) groups is 1. The molecule has 1 atom stereocenters. The average Bonchev–Trinajstić information content (AvgIpc) is 2.59. The van der Waals surface area contributed by atoms with E-state index in [1.807, 2.05) is 72.8 Å². The van der Waals surface area contributed by atoms with E-state index in [4.69, 9.17) is 5.26 Å². The standard InChI is InChI=1S/C19H13NOS/c20-13-22-19(15-8-2-1-3-9-15)18(21)17-12-6-10-14-7-4-5-11-16(14)17/h1-12,19H. The number of nitriles is 1. The Kier molecular flexibility index (Phi) is 4.22. The predicted molar refractivity (Wildman–Crippen MR) is 90.7 cm³/mol. The van der Waals surface area contributed by atoms with Crippen molar-refractivity contribution in [2.45, 2.75) is 5.25 Å². The van der Waals surface area contributed by atoms with Gasteiger partial charge in [-0.15, -0.1) is 0 Å². The van der Waals surface area contributed by atoms with Gasteiger partial charge in [0.15, 0.2) is 5.78 Å². The molecule has 0 radical (unpaired) electrons. The SMILES string of the molecule is N#CSC(C(=O)c1cccc2ccccc12)c1ccccc1. The maximum atomic E-state index is 13.0. The van der Waals surface area contributed by atoms with Gasteiger partial charge in [0.05, 0.1) is 0 Å². The third-order valence-corrected chi connectivity index (χ3v) is 4.39. The summed E-state index contributed by atoms with van der Waals surface area (Å²) in [5, 5.41) is 12.6. The van der Waals surface area contributed by atoms with E-state index in [2.05, 4.69) is 5.40 Å². The number of thiocyanates is 1. The van der Waals surface area contributed by atoms with Crippen molar-refractivity contribution < 1.29 is 4.79 Å². The molecule has 3 rings (SSSR count). The van der Waals surface area contributed by atoms with Crippen LogP contribution in [0.25, 0.3) is 10.8 Å². The first-order chi connectivity index (χ1) is 10.8. The molecule has 0 heterocycles. The van der Waals surface area contributed by atoms with Gasteiger partial charge < -0.3 is 0 Å².